The second-order valence-electron chi connectivity index (χ2n) is 13.5. The number of fused-ring (bicyclic) bond motifs is 2. The van der Waals surface area contributed by atoms with Crippen LogP contribution >= 0.6 is 0 Å². The van der Waals surface area contributed by atoms with E-state index in [2.05, 4.69) is 73.8 Å². The molecule has 2 bridgehead atoms. The van der Waals surface area contributed by atoms with Gasteiger partial charge < -0.3 is 14.8 Å². The monoisotopic (exact) mass is 481 g/mol. The molecule has 3 aliphatic carbocycles. The molecule has 0 aromatic heterocycles. The van der Waals surface area contributed by atoms with Crippen molar-refractivity contribution in [2.24, 2.45) is 11.3 Å². The molecular weight excluding hydrogens is 442 g/mol. The van der Waals surface area contributed by atoms with Crippen molar-refractivity contribution in [3.8, 4) is 0 Å². The zero-order valence-electron chi connectivity index (χ0n) is 21.8. The van der Waals surface area contributed by atoms with Gasteiger partial charge in [-0.05, 0) is 103 Å². The fourth-order valence-electron chi connectivity index (χ4n) is 9.49. The Morgan fingerprint density at radius 1 is 0.944 bits per heavy atom. The second kappa shape index (κ2) is 7.34. The Bertz CT molecular complexity index is 1310. The first-order valence-electron chi connectivity index (χ1n) is 14.4. The lowest BCUT2D eigenvalue weighted by Gasteiger charge is -2.55. The largest absolute Gasteiger partial charge is 0.377 e. The third kappa shape index (κ3) is 2.91. The fourth-order valence-corrected chi connectivity index (χ4v) is 9.49. The summed E-state index contributed by atoms with van der Waals surface area (Å²) in [6.07, 6.45) is 14.8. The molecule has 8 rings (SSSR count). The molecule has 2 saturated heterocycles. The van der Waals surface area contributed by atoms with Crippen LogP contribution in [0.25, 0.3) is 10.8 Å². The molecule has 0 radical (unpaired) electrons. The van der Waals surface area contributed by atoms with Gasteiger partial charge in [-0.25, -0.2) is 0 Å². The van der Waals surface area contributed by atoms with Gasteiger partial charge in [0.25, 0.3) is 0 Å². The molecule has 3 nitrogen and oxygen atoms in total. The van der Waals surface area contributed by atoms with Crippen LogP contribution in [0.15, 0.2) is 65.8 Å². The number of hydrogen-bond acceptors (Lipinski definition) is 3. The number of benzene rings is 2. The Hall–Kier alpha value is -1.94. The molecule has 2 spiro atoms. The van der Waals surface area contributed by atoms with Crippen molar-refractivity contribution in [2.45, 2.75) is 93.9 Å². The average molecular weight is 482 g/mol. The van der Waals surface area contributed by atoms with Crippen LogP contribution in [0.5, 0.6) is 0 Å². The normalized spacial score (nSPS) is 42.1. The highest BCUT2D eigenvalue weighted by molar-refractivity contribution is 5.83. The van der Waals surface area contributed by atoms with Crippen molar-refractivity contribution in [3.63, 3.8) is 0 Å². The van der Waals surface area contributed by atoms with Gasteiger partial charge in [-0.1, -0.05) is 61.5 Å². The van der Waals surface area contributed by atoms with Crippen molar-refractivity contribution in [1.82, 2.24) is 5.32 Å². The predicted octanol–water partition coefficient (Wildman–Crippen LogP) is 6.83. The fraction of sp³-hybridized carbons (Fsp3) is 0.576. The molecule has 188 valence electrons. The van der Waals surface area contributed by atoms with Crippen LogP contribution in [-0.2, 0) is 9.47 Å². The molecule has 3 aliphatic heterocycles. The minimum atomic E-state index is -0.0759. The molecule has 2 aromatic rings. The molecule has 4 fully saturated rings. The zero-order chi connectivity index (χ0) is 24.2. The van der Waals surface area contributed by atoms with Crippen molar-refractivity contribution >= 4 is 10.8 Å². The smallest absolute Gasteiger partial charge is 0.0974 e. The summed E-state index contributed by atoms with van der Waals surface area (Å²) in [4.78, 5) is 0. The molecule has 36 heavy (non-hydrogen) atoms. The minimum Gasteiger partial charge on any atom is -0.377 e. The number of rotatable bonds is 3. The van der Waals surface area contributed by atoms with Crippen molar-refractivity contribution in [3.05, 3.63) is 71.3 Å². The number of nitrogens with one attached hydrogen (secondary N) is 1. The summed E-state index contributed by atoms with van der Waals surface area (Å²) < 4.78 is 13.0. The van der Waals surface area contributed by atoms with E-state index in [0.717, 1.165) is 19.6 Å². The van der Waals surface area contributed by atoms with E-state index >= 15 is 0 Å². The predicted molar refractivity (Wildman–Crippen MR) is 144 cm³/mol. The van der Waals surface area contributed by atoms with Crippen LogP contribution in [0.3, 0.4) is 0 Å². The van der Waals surface area contributed by atoms with Gasteiger partial charge in [0.05, 0.1) is 30.0 Å². The van der Waals surface area contributed by atoms with E-state index in [1.807, 2.05) is 0 Å². The van der Waals surface area contributed by atoms with Crippen LogP contribution in [-0.4, -0.2) is 36.0 Å². The Labute approximate surface area is 215 Å². The molecule has 3 heteroatoms. The zero-order valence-corrected chi connectivity index (χ0v) is 21.8. The van der Waals surface area contributed by atoms with E-state index in [-0.39, 0.29) is 22.2 Å². The molecule has 1 N–H and O–H groups in total. The van der Waals surface area contributed by atoms with Gasteiger partial charge in [0.1, 0.15) is 0 Å². The van der Waals surface area contributed by atoms with Crippen molar-refractivity contribution < 1.29 is 9.47 Å². The highest BCUT2D eigenvalue weighted by Crippen LogP contribution is 2.69. The van der Waals surface area contributed by atoms with Crippen molar-refractivity contribution in [1.29, 1.82) is 0 Å². The number of hydrogen-bond donors (Lipinski definition) is 1. The van der Waals surface area contributed by atoms with E-state index < -0.39 is 0 Å². The van der Waals surface area contributed by atoms with E-state index in [4.69, 9.17) is 9.47 Å². The summed E-state index contributed by atoms with van der Waals surface area (Å²) in [5.41, 5.74) is 4.93. The highest BCUT2D eigenvalue weighted by atomic mass is 16.5. The maximum Gasteiger partial charge on any atom is 0.0974 e. The summed E-state index contributed by atoms with van der Waals surface area (Å²) in [5, 5.41) is 6.68. The van der Waals surface area contributed by atoms with Gasteiger partial charge in [-0.15, -0.1) is 0 Å². The summed E-state index contributed by atoms with van der Waals surface area (Å²) >= 11 is 0. The third-order valence-corrected chi connectivity index (χ3v) is 11.3. The van der Waals surface area contributed by atoms with E-state index in [9.17, 15) is 0 Å². The van der Waals surface area contributed by atoms with Crippen molar-refractivity contribution in [2.75, 3.05) is 13.2 Å². The Kier molecular flexibility index (Phi) is 4.50. The standard InChI is InChI=1S/C33H39NO2/c1-30(20-35-21-30)34-27-10-9-25-18-26-13-14-31(2)28(24-8-7-22-5-3-4-6-23(22)17-24)11-12-29(31)33(26)16-15-32(25,19-27)36-33/h3-8,13,17-18,27-29,34H,9-12,14-16,19-21H2,1-2H3/t27-,28-,29-,31-,32-,33-/m1/s1. The third-order valence-electron chi connectivity index (χ3n) is 11.3. The van der Waals surface area contributed by atoms with Gasteiger partial charge in [0.15, 0.2) is 0 Å². The first kappa shape index (κ1) is 22.1. The molecule has 6 atom stereocenters. The summed E-state index contributed by atoms with van der Waals surface area (Å²) in [6, 6.07) is 16.6. The molecule has 2 saturated carbocycles. The Balaban J connectivity index is 1.13. The first-order chi connectivity index (χ1) is 17.4. The van der Waals surface area contributed by atoms with Crippen LogP contribution in [0.1, 0.15) is 76.7 Å². The van der Waals surface area contributed by atoms with Crippen LogP contribution in [0.2, 0.25) is 0 Å². The lowest BCUT2D eigenvalue weighted by molar-refractivity contribution is -0.140. The minimum absolute atomic E-state index is 0.0481. The maximum atomic E-state index is 7.50. The average Bonchev–Trinajstić information content (AvgIpc) is 3.38. The second-order valence-corrected chi connectivity index (χ2v) is 13.5. The quantitative estimate of drug-likeness (QED) is 0.521. The lowest BCUT2D eigenvalue weighted by atomic mass is 9.58. The molecule has 6 aliphatic rings. The maximum absolute atomic E-state index is 7.50. The van der Waals surface area contributed by atoms with Gasteiger partial charge >= 0.3 is 0 Å². The number of ether oxygens (including phenoxy) is 2. The van der Waals surface area contributed by atoms with Crippen LogP contribution < -0.4 is 5.32 Å². The molecular formula is C33H39NO2. The van der Waals surface area contributed by atoms with E-state index in [1.165, 1.54) is 66.9 Å². The molecule has 2 aromatic carbocycles. The SMILES string of the molecule is CC1(N[C@@H]2CCC3=CC4=CC[C@]5(C)[C@@H](c6ccc7ccccc7c6)CC[C@H]5[C@@]45CC[C@]3(C2)O5)COC1. The molecule has 3 heterocycles. The first-order valence-corrected chi connectivity index (χ1v) is 14.4. The molecule has 0 unspecified atom stereocenters. The Morgan fingerprint density at radius 2 is 1.81 bits per heavy atom. The topological polar surface area (TPSA) is 30.5 Å². The van der Waals surface area contributed by atoms with Crippen LogP contribution in [0, 0.1) is 11.3 Å². The Morgan fingerprint density at radius 3 is 2.64 bits per heavy atom. The summed E-state index contributed by atoms with van der Waals surface area (Å²) in [6.45, 7) is 6.58. The van der Waals surface area contributed by atoms with Gasteiger partial charge in [-0.3, -0.25) is 0 Å². The summed E-state index contributed by atoms with van der Waals surface area (Å²) in [5.74, 6) is 1.20. The van der Waals surface area contributed by atoms with E-state index in [0.29, 0.717) is 17.9 Å². The lowest BCUT2D eigenvalue weighted by Crippen LogP contribution is -2.63. The summed E-state index contributed by atoms with van der Waals surface area (Å²) in [7, 11) is 0. The van der Waals surface area contributed by atoms with E-state index in [1.54, 1.807) is 5.57 Å². The number of allylic oxidation sites excluding steroid dienone is 1. The molecule has 0 amide bonds. The van der Waals surface area contributed by atoms with Crippen LogP contribution in [0.4, 0.5) is 0 Å². The van der Waals surface area contributed by atoms with Gasteiger partial charge in [0, 0.05) is 6.04 Å². The van der Waals surface area contributed by atoms with Gasteiger partial charge in [0.2, 0.25) is 0 Å². The highest BCUT2D eigenvalue weighted by Gasteiger charge is 2.66. The van der Waals surface area contributed by atoms with Gasteiger partial charge in [-0.2, -0.15) is 0 Å².